The molecule has 0 amide bonds. The Morgan fingerprint density at radius 3 is 2.89 bits per heavy atom. The van der Waals surface area contributed by atoms with Crippen LogP contribution in [0.1, 0.15) is 6.92 Å². The quantitative estimate of drug-likeness (QED) is 0.416. The Kier molecular flexibility index (Phi) is 1.81. The minimum Gasteiger partial charge on any atom is -0.291 e. The van der Waals surface area contributed by atoms with Crippen LogP contribution in [0.5, 0.6) is 0 Å². The summed E-state index contributed by atoms with van der Waals surface area (Å²) in [6, 6.07) is 0. The zero-order valence-electron chi connectivity index (χ0n) is 4.97. The molecule has 1 unspecified atom stereocenters. The number of carbonyl (C=O) groups is 1. The number of dihydropyridines is 1. The lowest BCUT2D eigenvalue weighted by Crippen LogP contribution is -2.12. The van der Waals surface area contributed by atoms with Crippen molar-refractivity contribution in [1.29, 1.82) is 0 Å². The summed E-state index contributed by atoms with van der Waals surface area (Å²) in [5.74, 6) is 0.0231. The number of allylic oxidation sites excluding steroid dienone is 1. The van der Waals surface area contributed by atoms with E-state index >= 15 is 0 Å². The van der Waals surface area contributed by atoms with Crippen LogP contribution in [0.4, 0.5) is 0 Å². The number of hydrogen-bond acceptors (Lipinski definition) is 2. The average molecular weight is 188 g/mol. The van der Waals surface area contributed by atoms with E-state index in [0.29, 0.717) is 0 Å². The van der Waals surface area contributed by atoms with Crippen molar-refractivity contribution in [1.82, 2.24) is 0 Å². The van der Waals surface area contributed by atoms with Gasteiger partial charge in [-0.3, -0.25) is 9.79 Å². The Morgan fingerprint density at radius 1 is 1.78 bits per heavy atom. The number of aliphatic imine (C=N–C) groups is 1. The Labute approximate surface area is 61.8 Å². The van der Waals surface area contributed by atoms with Crippen LogP contribution < -0.4 is 0 Å². The molecule has 1 rings (SSSR count). The minimum atomic E-state index is -0.346. The minimum absolute atomic E-state index is 0.0231. The number of hydrogen-bond donors (Lipinski definition) is 0. The highest BCUT2D eigenvalue weighted by Crippen LogP contribution is 2.09. The lowest BCUT2D eigenvalue weighted by Gasteiger charge is -2.04. The number of rotatable bonds is 0. The van der Waals surface area contributed by atoms with Crippen LogP contribution in [-0.4, -0.2) is 16.9 Å². The van der Waals surface area contributed by atoms with Gasteiger partial charge in [0, 0.05) is 6.21 Å². The van der Waals surface area contributed by atoms with E-state index in [2.05, 4.69) is 20.9 Å². The van der Waals surface area contributed by atoms with Crippen LogP contribution in [0.15, 0.2) is 16.6 Å². The van der Waals surface area contributed by atoms with Crippen molar-refractivity contribution in [3.8, 4) is 0 Å². The third-order valence-electron chi connectivity index (χ3n) is 1.01. The first-order valence-electron chi connectivity index (χ1n) is 2.59. The first-order valence-corrected chi connectivity index (χ1v) is 3.51. The number of ketones is 1. The van der Waals surface area contributed by atoms with Crippen LogP contribution in [-0.2, 0) is 4.79 Å². The van der Waals surface area contributed by atoms with E-state index in [-0.39, 0.29) is 10.7 Å². The van der Waals surface area contributed by atoms with E-state index in [9.17, 15) is 4.79 Å². The van der Waals surface area contributed by atoms with Crippen molar-refractivity contribution in [2.24, 2.45) is 4.99 Å². The van der Waals surface area contributed by atoms with Gasteiger partial charge in [-0.2, -0.15) is 0 Å². The molecule has 0 aliphatic carbocycles. The summed E-state index contributed by atoms with van der Waals surface area (Å²) < 4.78 is 0. The zero-order chi connectivity index (χ0) is 6.85. The Hall–Kier alpha value is -0.440. The second kappa shape index (κ2) is 2.43. The van der Waals surface area contributed by atoms with Gasteiger partial charge >= 0.3 is 0 Å². The highest BCUT2D eigenvalue weighted by atomic mass is 79.9. The SMILES string of the molecule is CC1=CC(=O)C(Br)N=C1. The second-order valence-corrected chi connectivity index (χ2v) is 2.77. The summed E-state index contributed by atoms with van der Waals surface area (Å²) in [7, 11) is 0. The highest BCUT2D eigenvalue weighted by Gasteiger charge is 2.12. The molecule has 0 fully saturated rings. The molecule has 0 N–H and O–H groups in total. The molecule has 0 bridgehead atoms. The molecule has 0 saturated carbocycles. The summed E-state index contributed by atoms with van der Waals surface area (Å²) in [6.45, 7) is 1.85. The van der Waals surface area contributed by atoms with E-state index in [4.69, 9.17) is 0 Å². The predicted octanol–water partition coefficient (Wildman–Crippen LogP) is 1.31. The number of nitrogens with zero attached hydrogens (tertiary/aromatic N) is 1. The monoisotopic (exact) mass is 187 g/mol. The van der Waals surface area contributed by atoms with Gasteiger partial charge in [0.15, 0.2) is 10.7 Å². The summed E-state index contributed by atoms with van der Waals surface area (Å²) in [4.78, 5) is 14.3. The van der Waals surface area contributed by atoms with Gasteiger partial charge in [0.1, 0.15) is 0 Å². The predicted molar refractivity (Wildman–Crippen MR) is 40.0 cm³/mol. The van der Waals surface area contributed by atoms with Crippen molar-refractivity contribution in [3.05, 3.63) is 11.6 Å². The van der Waals surface area contributed by atoms with Gasteiger partial charge in [0.25, 0.3) is 0 Å². The molecule has 0 aromatic carbocycles. The fourth-order valence-electron chi connectivity index (χ4n) is 0.587. The first-order chi connectivity index (χ1) is 4.20. The van der Waals surface area contributed by atoms with Gasteiger partial charge in [-0.25, -0.2) is 0 Å². The molecular formula is C6H6BrNO. The van der Waals surface area contributed by atoms with Crippen LogP contribution in [0, 0.1) is 0 Å². The van der Waals surface area contributed by atoms with Crippen molar-refractivity contribution in [3.63, 3.8) is 0 Å². The van der Waals surface area contributed by atoms with Crippen LogP contribution in [0.3, 0.4) is 0 Å². The van der Waals surface area contributed by atoms with Crippen LogP contribution in [0.25, 0.3) is 0 Å². The molecule has 0 saturated heterocycles. The van der Waals surface area contributed by atoms with E-state index < -0.39 is 0 Å². The maximum absolute atomic E-state index is 10.8. The van der Waals surface area contributed by atoms with E-state index in [1.165, 1.54) is 0 Å². The Morgan fingerprint density at radius 2 is 2.44 bits per heavy atom. The van der Waals surface area contributed by atoms with E-state index in [0.717, 1.165) is 5.57 Å². The van der Waals surface area contributed by atoms with E-state index in [1.54, 1.807) is 12.3 Å². The molecular weight excluding hydrogens is 182 g/mol. The molecule has 0 aromatic rings. The molecule has 0 aromatic heterocycles. The summed E-state index contributed by atoms with van der Waals surface area (Å²) in [5.41, 5.74) is 0.913. The number of alkyl halides is 1. The summed E-state index contributed by atoms with van der Waals surface area (Å²) >= 11 is 3.09. The molecule has 0 radical (unpaired) electrons. The Balaban J connectivity index is 2.82. The summed E-state index contributed by atoms with van der Waals surface area (Å²) in [6.07, 6.45) is 3.26. The van der Waals surface area contributed by atoms with Gasteiger partial charge in [0.05, 0.1) is 0 Å². The van der Waals surface area contributed by atoms with Gasteiger partial charge in [-0.1, -0.05) is 15.9 Å². The summed E-state index contributed by atoms with van der Waals surface area (Å²) in [5, 5.41) is 0. The number of carbonyl (C=O) groups excluding carboxylic acids is 1. The molecule has 1 aliphatic heterocycles. The fraction of sp³-hybridized carbons (Fsp3) is 0.333. The topological polar surface area (TPSA) is 29.4 Å². The van der Waals surface area contributed by atoms with E-state index in [1.807, 2.05) is 6.92 Å². The standard InChI is InChI=1S/C6H6BrNO/c1-4-2-5(9)6(7)8-3-4/h2-3,6H,1H3. The second-order valence-electron chi connectivity index (χ2n) is 1.90. The normalized spacial score (nSPS) is 26.2. The number of halogens is 1. The average Bonchev–Trinajstić information content (AvgIpc) is 1.80. The lowest BCUT2D eigenvalue weighted by atomic mass is 10.2. The maximum Gasteiger partial charge on any atom is 0.191 e. The molecule has 48 valence electrons. The van der Waals surface area contributed by atoms with Crippen molar-refractivity contribution in [2.45, 2.75) is 11.9 Å². The molecule has 1 atom stereocenters. The first kappa shape index (κ1) is 6.68. The molecule has 3 heteroatoms. The van der Waals surface area contributed by atoms with Crippen molar-refractivity contribution in [2.75, 3.05) is 0 Å². The lowest BCUT2D eigenvalue weighted by molar-refractivity contribution is -0.114. The fourth-order valence-corrected chi connectivity index (χ4v) is 0.837. The van der Waals surface area contributed by atoms with Crippen LogP contribution >= 0.6 is 15.9 Å². The molecule has 1 heterocycles. The largest absolute Gasteiger partial charge is 0.291 e. The maximum atomic E-state index is 10.8. The van der Waals surface area contributed by atoms with Crippen molar-refractivity contribution >= 4 is 27.9 Å². The van der Waals surface area contributed by atoms with Gasteiger partial charge < -0.3 is 0 Å². The molecule has 9 heavy (non-hydrogen) atoms. The van der Waals surface area contributed by atoms with Crippen molar-refractivity contribution < 1.29 is 4.79 Å². The van der Waals surface area contributed by atoms with Gasteiger partial charge in [-0.05, 0) is 18.6 Å². The third kappa shape index (κ3) is 1.48. The third-order valence-corrected chi connectivity index (χ3v) is 1.70. The molecule has 1 aliphatic rings. The molecule has 0 spiro atoms. The smallest absolute Gasteiger partial charge is 0.191 e. The van der Waals surface area contributed by atoms with Crippen LogP contribution in [0.2, 0.25) is 0 Å². The zero-order valence-corrected chi connectivity index (χ0v) is 6.55. The van der Waals surface area contributed by atoms with Gasteiger partial charge in [-0.15, -0.1) is 0 Å². The molecule has 2 nitrogen and oxygen atoms in total. The Bertz CT molecular complexity index is 195. The van der Waals surface area contributed by atoms with Gasteiger partial charge in [0.2, 0.25) is 0 Å². The highest BCUT2D eigenvalue weighted by molar-refractivity contribution is 9.10.